The number of rotatable bonds is 10. The van der Waals surface area contributed by atoms with Crippen LogP contribution >= 0.6 is 20.7 Å². The molecule has 4 aromatic carbocycles. The second kappa shape index (κ2) is 14.8. The van der Waals surface area contributed by atoms with Gasteiger partial charge in [-0.1, -0.05) is 138 Å². The zero-order valence-electron chi connectivity index (χ0n) is 25.9. The van der Waals surface area contributed by atoms with Gasteiger partial charge in [-0.3, -0.25) is 9.59 Å². The van der Waals surface area contributed by atoms with Crippen molar-refractivity contribution in [2.75, 3.05) is 6.54 Å². The van der Waals surface area contributed by atoms with E-state index in [2.05, 4.69) is 54.3 Å². The van der Waals surface area contributed by atoms with Gasteiger partial charge in [0.25, 0.3) is 0 Å². The van der Waals surface area contributed by atoms with E-state index < -0.39 is 20.7 Å². The minimum Gasteiger partial charge on any atom is -0.335 e. The average Bonchev–Trinajstić information content (AvgIpc) is 3.07. The molecule has 2 unspecified atom stereocenters. The third-order valence-electron chi connectivity index (χ3n) is 9.43. The predicted octanol–water partition coefficient (Wildman–Crippen LogP) is 9.29. The number of carbonyl (C=O) groups excluding carboxylic acids is 2. The van der Waals surface area contributed by atoms with Gasteiger partial charge in [0, 0.05) is 15.7 Å². The Hall–Kier alpha value is -3.45. The van der Waals surface area contributed by atoms with E-state index in [1.807, 2.05) is 42.5 Å². The summed E-state index contributed by atoms with van der Waals surface area (Å²) in [5, 5.41) is 0. The maximum absolute atomic E-state index is 14.3. The standard InChI is InChI=1S/C40H41FINO2/c1-28(39-36(26-31-13-10-16-34(41)25-31)40(45)35-17-8-9-18-37(35)42-39)43(24-23-29-11-4-2-5-12-29)38(44)27-30-19-21-33(22-20-30)32-14-6-3-7-15-32/h3,6-10,13-22,25,28-29,36H,2,4-5,11-12,23-24,26-27H2,1H3. The van der Waals surface area contributed by atoms with Gasteiger partial charge in [-0.15, -0.1) is 0 Å². The number of nitrogens with zero attached hydrogens (tertiary/aromatic N) is 1. The summed E-state index contributed by atoms with van der Waals surface area (Å²) in [6, 6.07) is 33.0. The van der Waals surface area contributed by atoms with Crippen molar-refractivity contribution in [3.63, 3.8) is 0 Å². The van der Waals surface area contributed by atoms with Gasteiger partial charge in [-0.2, -0.15) is 0 Å². The molecule has 0 N–H and O–H groups in total. The molecule has 5 heteroatoms. The number of ketones is 1. The quantitative estimate of drug-likeness (QED) is 0.154. The van der Waals surface area contributed by atoms with Crippen LogP contribution < -0.4 is 0 Å². The fraction of sp³-hybridized carbons (Fsp3) is 0.325. The fourth-order valence-corrected chi connectivity index (χ4v) is 10.4. The molecule has 0 saturated heterocycles. The molecule has 45 heavy (non-hydrogen) atoms. The number of fused-ring (bicyclic) bond motifs is 1. The Morgan fingerprint density at radius 2 is 1.56 bits per heavy atom. The maximum Gasteiger partial charge on any atom is 0.227 e. The van der Waals surface area contributed by atoms with Crippen molar-refractivity contribution in [2.24, 2.45) is 11.8 Å². The van der Waals surface area contributed by atoms with Crippen molar-refractivity contribution in [1.29, 1.82) is 0 Å². The molecule has 1 aliphatic carbocycles. The van der Waals surface area contributed by atoms with Gasteiger partial charge < -0.3 is 4.90 Å². The highest BCUT2D eigenvalue weighted by Crippen LogP contribution is 2.35. The van der Waals surface area contributed by atoms with Crippen LogP contribution in [0, 0.1) is 21.2 Å². The lowest BCUT2D eigenvalue weighted by Crippen LogP contribution is -2.48. The molecule has 0 radical (unpaired) electrons. The molecule has 0 bridgehead atoms. The molecule has 0 spiro atoms. The van der Waals surface area contributed by atoms with Crippen LogP contribution in [0.4, 0.5) is 4.39 Å². The minimum absolute atomic E-state index is 0.0961. The second-order valence-corrected chi connectivity index (χ2v) is 15.5. The summed E-state index contributed by atoms with van der Waals surface area (Å²) in [6.45, 7) is 2.83. The highest BCUT2D eigenvalue weighted by molar-refractivity contribution is 14.2. The average molecular weight is 714 g/mol. The first kappa shape index (κ1) is 31.5. The molecule has 1 saturated carbocycles. The van der Waals surface area contributed by atoms with Crippen LogP contribution in [0.1, 0.15) is 66.9 Å². The fourth-order valence-electron chi connectivity index (χ4n) is 6.90. The summed E-state index contributed by atoms with van der Waals surface area (Å²) in [5.41, 5.74) is 4.90. The highest BCUT2D eigenvalue weighted by atomic mass is 127. The van der Waals surface area contributed by atoms with Crippen LogP contribution in [0.3, 0.4) is 0 Å². The molecule has 1 amide bonds. The third-order valence-corrected chi connectivity index (χ3v) is 13.2. The van der Waals surface area contributed by atoms with E-state index in [1.165, 1.54) is 38.2 Å². The monoisotopic (exact) mass is 713 g/mol. The number of benzene rings is 4. The molecule has 1 aliphatic heterocycles. The molecule has 4 aromatic rings. The van der Waals surface area contributed by atoms with E-state index in [-0.39, 0.29) is 29.5 Å². The Labute approximate surface area is 276 Å². The van der Waals surface area contributed by atoms with Crippen molar-refractivity contribution in [3.05, 3.63) is 129 Å². The number of hydrogen-bond donors (Lipinski definition) is 0. The van der Waals surface area contributed by atoms with Gasteiger partial charge >= 0.3 is 0 Å². The Kier molecular flexibility index (Phi) is 10.3. The summed E-state index contributed by atoms with van der Waals surface area (Å²) < 4.78 is 16.5. The number of Topliss-reactive ketones (excluding diaryl/α,β-unsaturated/α-hetero) is 1. The minimum atomic E-state index is -0.654. The Balaban J connectivity index is 1.29. The maximum atomic E-state index is 14.3. The van der Waals surface area contributed by atoms with E-state index in [0.29, 0.717) is 25.3 Å². The highest BCUT2D eigenvalue weighted by Gasteiger charge is 2.36. The summed E-state index contributed by atoms with van der Waals surface area (Å²) in [5.74, 6) is 0.197. The third kappa shape index (κ3) is 7.69. The molecule has 6 rings (SSSR count). The second-order valence-electron chi connectivity index (χ2n) is 12.5. The molecule has 2 atom stereocenters. The SMILES string of the molecule is CC(C1=Ic2ccccc2C(=O)C1Cc1cccc(F)c1)N(CCC1CCCCC1)C(=O)Cc1ccc(-c2ccccc2)cc1. The molecule has 3 nitrogen and oxygen atoms in total. The van der Waals surface area contributed by atoms with Gasteiger partial charge in [0.1, 0.15) is 5.82 Å². The molecule has 1 heterocycles. The van der Waals surface area contributed by atoms with Crippen LogP contribution in [0.15, 0.2) is 103 Å². The van der Waals surface area contributed by atoms with Crippen molar-refractivity contribution in [2.45, 2.75) is 64.3 Å². The van der Waals surface area contributed by atoms with Crippen LogP contribution in [-0.4, -0.2) is 32.7 Å². The summed E-state index contributed by atoms with van der Waals surface area (Å²) in [4.78, 5) is 30.4. The van der Waals surface area contributed by atoms with Gasteiger partial charge in [-0.05, 0) is 69.6 Å². The van der Waals surface area contributed by atoms with E-state index >= 15 is 0 Å². The molecule has 2 aliphatic rings. The largest absolute Gasteiger partial charge is 0.335 e. The summed E-state index contributed by atoms with van der Waals surface area (Å²) in [7, 11) is 0. The van der Waals surface area contributed by atoms with Gasteiger partial charge in [-0.25, -0.2) is 4.39 Å². The van der Waals surface area contributed by atoms with Gasteiger partial charge in [0.15, 0.2) is 5.78 Å². The normalized spacial score (nSPS) is 17.5. The topological polar surface area (TPSA) is 37.4 Å². The Morgan fingerprint density at radius 1 is 0.844 bits per heavy atom. The first-order valence-corrected chi connectivity index (χ1v) is 18.4. The van der Waals surface area contributed by atoms with E-state index in [4.69, 9.17) is 0 Å². The first-order chi connectivity index (χ1) is 22.0. The smallest absolute Gasteiger partial charge is 0.227 e. The van der Waals surface area contributed by atoms with Crippen LogP contribution in [-0.2, 0) is 17.6 Å². The van der Waals surface area contributed by atoms with E-state index in [9.17, 15) is 14.0 Å². The van der Waals surface area contributed by atoms with E-state index in [1.54, 1.807) is 12.1 Å². The molecule has 1 fully saturated rings. The van der Waals surface area contributed by atoms with Crippen molar-refractivity contribution < 1.29 is 14.0 Å². The lowest BCUT2D eigenvalue weighted by molar-refractivity contribution is -0.131. The molecular formula is C40H41FINO2. The van der Waals surface area contributed by atoms with Crippen molar-refractivity contribution in [3.8, 4) is 11.1 Å². The predicted molar refractivity (Wildman–Crippen MR) is 190 cm³/mol. The van der Waals surface area contributed by atoms with E-state index in [0.717, 1.165) is 41.3 Å². The van der Waals surface area contributed by atoms with Gasteiger partial charge in [0.05, 0.1) is 18.4 Å². The zero-order chi connectivity index (χ0) is 31.2. The first-order valence-electron chi connectivity index (χ1n) is 16.3. The Morgan fingerprint density at radius 3 is 2.31 bits per heavy atom. The van der Waals surface area contributed by atoms with Crippen molar-refractivity contribution >= 4 is 35.9 Å². The number of amides is 1. The Bertz CT molecular complexity index is 1660. The number of halogens is 2. The lowest BCUT2D eigenvalue weighted by atomic mass is 9.85. The summed E-state index contributed by atoms with van der Waals surface area (Å²) in [6.07, 6.45) is 8.08. The van der Waals surface area contributed by atoms with Gasteiger partial charge in [0.2, 0.25) is 5.91 Å². The molecule has 232 valence electrons. The van der Waals surface area contributed by atoms with Crippen LogP contribution in [0.2, 0.25) is 0 Å². The molecular weight excluding hydrogens is 672 g/mol. The molecule has 0 aromatic heterocycles. The summed E-state index contributed by atoms with van der Waals surface area (Å²) >= 11 is -0.654. The number of hydrogen-bond acceptors (Lipinski definition) is 2. The lowest BCUT2D eigenvalue weighted by Gasteiger charge is -2.36. The van der Waals surface area contributed by atoms with Crippen molar-refractivity contribution in [1.82, 2.24) is 4.90 Å². The van der Waals surface area contributed by atoms with Crippen LogP contribution in [0.5, 0.6) is 0 Å². The van der Waals surface area contributed by atoms with Crippen LogP contribution in [0.25, 0.3) is 11.1 Å². The number of carbonyl (C=O) groups is 2. The zero-order valence-corrected chi connectivity index (χ0v) is 28.1.